The van der Waals surface area contributed by atoms with Gasteiger partial charge >= 0.3 is 5.82 Å². The highest BCUT2D eigenvalue weighted by Crippen LogP contribution is 2.02. The van der Waals surface area contributed by atoms with Gasteiger partial charge in [-0.1, -0.05) is 27.4 Å². The van der Waals surface area contributed by atoms with Crippen LogP contribution in [0.1, 0.15) is 0 Å². The maximum atomic E-state index is 10.0. The van der Waals surface area contributed by atoms with Crippen molar-refractivity contribution in [2.24, 2.45) is 0 Å². The quantitative estimate of drug-likeness (QED) is 0.335. The van der Waals surface area contributed by atoms with Crippen molar-refractivity contribution in [1.29, 1.82) is 0 Å². The summed E-state index contributed by atoms with van der Waals surface area (Å²) >= 11 is 2.01. The van der Waals surface area contributed by atoms with Gasteiger partial charge < -0.3 is 10.1 Å². The van der Waals surface area contributed by atoms with Crippen molar-refractivity contribution in [3.05, 3.63) is 16.3 Å². The zero-order valence-electron chi connectivity index (χ0n) is 4.77. The summed E-state index contributed by atoms with van der Waals surface area (Å²) < 4.78 is 0.519. The molecule has 0 aliphatic heterocycles. The van der Waals surface area contributed by atoms with Crippen molar-refractivity contribution in [3.63, 3.8) is 0 Å². The maximum Gasteiger partial charge on any atom is 0.410 e. The van der Waals surface area contributed by atoms with E-state index in [9.17, 15) is 10.1 Å². The lowest BCUT2D eigenvalue weighted by Crippen LogP contribution is -1.96. The number of aromatic nitrogens is 3. The SMILES string of the molecule is O=[N+]([O-])c1cnn(CI)n1. The minimum Gasteiger partial charge on any atom is -0.358 e. The lowest BCUT2D eigenvalue weighted by atomic mass is 10.8. The molecule has 1 aromatic rings. The van der Waals surface area contributed by atoms with Crippen LogP contribution in [-0.4, -0.2) is 19.9 Å². The molecule has 0 amide bonds. The molecule has 6 nitrogen and oxygen atoms in total. The van der Waals surface area contributed by atoms with Crippen molar-refractivity contribution in [2.75, 3.05) is 0 Å². The Labute approximate surface area is 69.5 Å². The second-order valence-electron chi connectivity index (χ2n) is 1.45. The van der Waals surface area contributed by atoms with E-state index < -0.39 is 4.92 Å². The van der Waals surface area contributed by atoms with Gasteiger partial charge in [0.2, 0.25) is 0 Å². The fraction of sp³-hybridized carbons (Fsp3) is 0.333. The Hall–Kier alpha value is -0.730. The number of halogens is 1. The molecule has 54 valence electrons. The standard InChI is InChI=1S/C3H3IN4O2/c4-2-7-5-1-3(6-7)8(9)10/h1H,2H2. The van der Waals surface area contributed by atoms with Crippen molar-refractivity contribution in [2.45, 2.75) is 4.55 Å². The summed E-state index contributed by atoms with van der Waals surface area (Å²) in [6.45, 7) is 0. The fourth-order valence-corrected chi connectivity index (χ4v) is 0.758. The van der Waals surface area contributed by atoms with E-state index in [1.54, 1.807) is 0 Å². The average Bonchev–Trinajstić information content (AvgIpc) is 2.34. The zero-order valence-corrected chi connectivity index (χ0v) is 6.93. The third kappa shape index (κ3) is 1.40. The van der Waals surface area contributed by atoms with Crippen LogP contribution in [0.2, 0.25) is 0 Å². The van der Waals surface area contributed by atoms with E-state index in [1.807, 2.05) is 22.6 Å². The van der Waals surface area contributed by atoms with Gasteiger partial charge in [0.15, 0.2) is 6.20 Å². The van der Waals surface area contributed by atoms with Gasteiger partial charge in [-0.15, -0.1) is 5.10 Å². The van der Waals surface area contributed by atoms with Crippen molar-refractivity contribution >= 4 is 28.4 Å². The van der Waals surface area contributed by atoms with E-state index in [2.05, 4.69) is 10.2 Å². The van der Waals surface area contributed by atoms with Crippen LogP contribution >= 0.6 is 22.6 Å². The third-order valence-corrected chi connectivity index (χ3v) is 1.43. The molecule has 0 saturated carbocycles. The predicted octanol–water partition coefficient (Wildman–Crippen LogP) is 0.579. The van der Waals surface area contributed by atoms with Crippen LogP contribution in [0.15, 0.2) is 6.20 Å². The maximum absolute atomic E-state index is 10.0. The summed E-state index contributed by atoms with van der Waals surface area (Å²) in [7, 11) is 0. The minimum absolute atomic E-state index is 0.211. The molecule has 10 heavy (non-hydrogen) atoms. The molecule has 1 rings (SSSR count). The Morgan fingerprint density at radius 1 is 1.90 bits per heavy atom. The molecule has 7 heteroatoms. The van der Waals surface area contributed by atoms with Gasteiger partial charge in [-0.25, -0.2) is 0 Å². The summed E-state index contributed by atoms with van der Waals surface area (Å²) in [5.41, 5.74) is 0. The van der Waals surface area contributed by atoms with Gasteiger partial charge in [-0.05, 0) is 4.92 Å². The number of hydrogen-bond acceptors (Lipinski definition) is 4. The highest BCUT2D eigenvalue weighted by molar-refractivity contribution is 14.1. The molecular weight excluding hydrogens is 251 g/mol. The first-order chi connectivity index (χ1) is 4.74. The first kappa shape index (κ1) is 7.38. The molecule has 1 heterocycles. The Morgan fingerprint density at radius 3 is 2.90 bits per heavy atom. The molecule has 0 bridgehead atoms. The van der Waals surface area contributed by atoms with E-state index >= 15 is 0 Å². The molecule has 0 saturated heterocycles. The number of hydrogen-bond donors (Lipinski definition) is 0. The summed E-state index contributed by atoms with van der Waals surface area (Å²) in [5, 5.41) is 17.2. The first-order valence-electron chi connectivity index (χ1n) is 2.34. The van der Waals surface area contributed by atoms with Crippen LogP contribution in [0.4, 0.5) is 5.82 Å². The Bertz CT molecular complexity index is 246. The molecule has 0 atom stereocenters. The lowest BCUT2D eigenvalue weighted by Gasteiger charge is -1.81. The highest BCUT2D eigenvalue weighted by Gasteiger charge is 2.10. The van der Waals surface area contributed by atoms with Gasteiger partial charge in [-0.3, -0.25) is 0 Å². The highest BCUT2D eigenvalue weighted by atomic mass is 127. The number of alkyl halides is 1. The molecule has 0 N–H and O–H groups in total. The summed E-state index contributed by atoms with van der Waals surface area (Å²) in [4.78, 5) is 10.7. The summed E-state index contributed by atoms with van der Waals surface area (Å²) in [6, 6.07) is 0. The smallest absolute Gasteiger partial charge is 0.358 e. The minimum atomic E-state index is -0.574. The second-order valence-corrected chi connectivity index (χ2v) is 2.13. The largest absolute Gasteiger partial charge is 0.410 e. The van der Waals surface area contributed by atoms with E-state index in [-0.39, 0.29) is 5.82 Å². The predicted molar refractivity (Wildman–Crippen MR) is 40.7 cm³/mol. The van der Waals surface area contributed by atoms with Crippen LogP contribution in [0.3, 0.4) is 0 Å². The van der Waals surface area contributed by atoms with Crippen LogP contribution in [-0.2, 0) is 4.55 Å². The monoisotopic (exact) mass is 254 g/mol. The average molecular weight is 254 g/mol. The Morgan fingerprint density at radius 2 is 2.60 bits per heavy atom. The number of nitro groups is 1. The van der Waals surface area contributed by atoms with Crippen molar-refractivity contribution < 1.29 is 4.92 Å². The molecule has 0 aliphatic rings. The molecule has 0 aromatic carbocycles. The molecular formula is C3H3IN4O2. The summed E-state index contributed by atoms with van der Waals surface area (Å²) in [5.74, 6) is -0.211. The fourth-order valence-electron chi connectivity index (χ4n) is 0.429. The van der Waals surface area contributed by atoms with Crippen LogP contribution in [0.25, 0.3) is 0 Å². The van der Waals surface area contributed by atoms with Crippen molar-refractivity contribution in [1.82, 2.24) is 15.0 Å². The van der Waals surface area contributed by atoms with Gasteiger partial charge in [0.05, 0.1) is 5.10 Å². The third-order valence-electron chi connectivity index (χ3n) is 0.818. The van der Waals surface area contributed by atoms with Gasteiger partial charge in [0.1, 0.15) is 4.55 Å². The molecule has 0 aliphatic carbocycles. The number of rotatable bonds is 2. The molecule has 0 spiro atoms. The lowest BCUT2D eigenvalue weighted by molar-refractivity contribution is -0.389. The van der Waals surface area contributed by atoms with E-state index in [0.29, 0.717) is 4.55 Å². The van der Waals surface area contributed by atoms with E-state index in [4.69, 9.17) is 0 Å². The normalized spacial score (nSPS) is 9.70. The Balaban J connectivity index is 2.88. The van der Waals surface area contributed by atoms with Gasteiger partial charge in [-0.2, -0.15) is 0 Å². The summed E-state index contributed by atoms with van der Waals surface area (Å²) in [6.07, 6.45) is 1.12. The number of nitrogens with zero attached hydrogens (tertiary/aromatic N) is 4. The van der Waals surface area contributed by atoms with Crippen molar-refractivity contribution in [3.8, 4) is 0 Å². The van der Waals surface area contributed by atoms with Crippen LogP contribution in [0, 0.1) is 10.1 Å². The second kappa shape index (κ2) is 2.90. The van der Waals surface area contributed by atoms with Gasteiger partial charge in [0.25, 0.3) is 0 Å². The zero-order chi connectivity index (χ0) is 7.56. The molecule has 0 radical (unpaired) electrons. The first-order valence-corrected chi connectivity index (χ1v) is 3.87. The van der Waals surface area contributed by atoms with E-state index in [0.717, 1.165) is 6.20 Å². The van der Waals surface area contributed by atoms with Crippen LogP contribution < -0.4 is 0 Å². The molecule has 0 fully saturated rings. The van der Waals surface area contributed by atoms with Crippen LogP contribution in [0.5, 0.6) is 0 Å². The Kier molecular flexibility index (Phi) is 2.14. The topological polar surface area (TPSA) is 73.8 Å². The van der Waals surface area contributed by atoms with E-state index in [1.165, 1.54) is 4.80 Å². The van der Waals surface area contributed by atoms with Gasteiger partial charge in [0, 0.05) is 0 Å². The molecule has 0 unspecified atom stereocenters. The molecule has 1 aromatic heterocycles.